The van der Waals surface area contributed by atoms with E-state index in [1.54, 1.807) is 15.6 Å². The number of carbonyl (C=O) groups excluding carboxylic acids is 2. The van der Waals surface area contributed by atoms with Gasteiger partial charge < -0.3 is 23.8 Å². The maximum Gasteiger partial charge on any atom is 0.510 e. The van der Waals surface area contributed by atoms with Crippen molar-refractivity contribution < 1.29 is 37.3 Å². The van der Waals surface area contributed by atoms with Crippen LogP contribution in [0, 0.1) is 17.6 Å². The number of benzene rings is 2. The lowest BCUT2D eigenvalue weighted by atomic mass is 9.71. The fourth-order valence-electron chi connectivity index (χ4n) is 7.99. The number of methoxy groups -OCH3 is 1. The van der Waals surface area contributed by atoms with Gasteiger partial charge in [-0.05, 0) is 48.9 Å². The third kappa shape index (κ3) is 4.19. The maximum absolute atomic E-state index is 15.6. The van der Waals surface area contributed by atoms with Crippen molar-refractivity contribution in [1.82, 2.24) is 9.58 Å². The van der Waals surface area contributed by atoms with Gasteiger partial charge in [0, 0.05) is 40.9 Å². The van der Waals surface area contributed by atoms with Gasteiger partial charge >= 0.3 is 6.16 Å². The molecule has 3 fully saturated rings. The summed E-state index contributed by atoms with van der Waals surface area (Å²) in [5.74, 6) is -2.41. The van der Waals surface area contributed by atoms with E-state index in [-0.39, 0.29) is 34.8 Å². The molecule has 3 aromatic rings. The number of hydrogen-bond donors (Lipinski definition) is 0. The molecule has 6 heterocycles. The number of ether oxygens (including phenoxy) is 4. The van der Waals surface area contributed by atoms with Crippen LogP contribution in [0.5, 0.6) is 5.75 Å². The molecule has 1 amide bonds. The van der Waals surface area contributed by atoms with Gasteiger partial charge in [-0.25, -0.2) is 13.6 Å². The Bertz CT molecular complexity index is 1800. The largest absolute Gasteiger partial charge is 0.510 e. The summed E-state index contributed by atoms with van der Waals surface area (Å²) in [5.41, 5.74) is 0.612. The van der Waals surface area contributed by atoms with E-state index in [1.807, 2.05) is 29.3 Å². The lowest BCUT2D eigenvalue weighted by Gasteiger charge is -2.57. The summed E-state index contributed by atoms with van der Waals surface area (Å²) < 4.78 is 53.5. The van der Waals surface area contributed by atoms with E-state index >= 15 is 4.39 Å². The van der Waals surface area contributed by atoms with E-state index in [9.17, 15) is 18.8 Å². The minimum Gasteiger partial charge on any atom is -0.451 e. The van der Waals surface area contributed by atoms with Crippen LogP contribution in [-0.2, 0) is 20.0 Å². The van der Waals surface area contributed by atoms with Gasteiger partial charge in [0.2, 0.25) is 18.0 Å². The van der Waals surface area contributed by atoms with Crippen LogP contribution >= 0.6 is 11.8 Å². The molecule has 5 aliphatic heterocycles. The van der Waals surface area contributed by atoms with Gasteiger partial charge in [0.05, 0.1) is 24.9 Å². The van der Waals surface area contributed by atoms with Crippen molar-refractivity contribution >= 4 is 23.8 Å². The van der Waals surface area contributed by atoms with Crippen molar-refractivity contribution in [1.29, 1.82) is 0 Å². The van der Waals surface area contributed by atoms with E-state index in [1.165, 1.54) is 24.0 Å². The average molecular weight is 638 g/mol. The second-order valence-electron chi connectivity index (χ2n) is 11.9. The summed E-state index contributed by atoms with van der Waals surface area (Å²) in [6, 6.07) is 11.1. The number of nitrogens with zero attached hydrogens (tertiary/aromatic N) is 3. The summed E-state index contributed by atoms with van der Waals surface area (Å²) in [7, 11) is 1.14. The number of carbonyl (C=O) groups is 2. The van der Waals surface area contributed by atoms with Crippen LogP contribution in [0.3, 0.4) is 0 Å². The zero-order valence-electron chi connectivity index (χ0n) is 24.2. The molecule has 0 unspecified atom stereocenters. The summed E-state index contributed by atoms with van der Waals surface area (Å²) in [6.07, 6.45) is 3.26. The van der Waals surface area contributed by atoms with Crippen molar-refractivity contribution in [3.63, 3.8) is 0 Å². The molecule has 0 N–H and O–H groups in total. The van der Waals surface area contributed by atoms with Crippen molar-refractivity contribution in [2.24, 2.45) is 5.92 Å². The van der Waals surface area contributed by atoms with Gasteiger partial charge in [-0.15, -0.1) is 11.8 Å². The van der Waals surface area contributed by atoms with Gasteiger partial charge in [-0.1, -0.05) is 24.3 Å². The van der Waals surface area contributed by atoms with E-state index in [0.29, 0.717) is 18.5 Å². The van der Waals surface area contributed by atoms with Gasteiger partial charge in [-0.2, -0.15) is 0 Å². The molecular weight excluding hydrogens is 608 g/mol. The number of fused-ring (bicyclic) bond motifs is 6. The maximum atomic E-state index is 15.6. The average Bonchev–Trinajstić information content (AvgIpc) is 3.58. The normalized spacial score (nSPS) is 27.5. The van der Waals surface area contributed by atoms with E-state index < -0.39 is 53.7 Å². The standard InChI is InChI=1S/C32H29F2N3O7S/c1-41-31(40)43-16-42-28-23(38)9-12-36-27(28)30(39)35-13-11-32-10-8-17(44-32)14-21(32)29(35)37(36)26-18-6-7-22(33)25(34)20(18)15-45-24-5-3-2-4-19(24)26/h2-7,9,12,17,21,26,29H,8,10-11,13-16H2,1H3/t17-,21+,26-,29+,32-/m0/s1. The van der Waals surface area contributed by atoms with Crippen molar-refractivity contribution in [2.45, 2.75) is 60.2 Å². The first-order valence-corrected chi connectivity index (χ1v) is 15.8. The molecular formula is C32H29F2N3O7S. The molecule has 13 heteroatoms. The number of pyridine rings is 1. The SMILES string of the molecule is COC(=O)OCOc1c2n(ccc1=O)N([C@@H]1c3ccccc3SCc3c1ccc(F)c3F)[C@@H]1[C@H]3C[C@@H]4CC[C@@]3(CCN1C2=O)O4. The number of hydrogen-bond acceptors (Lipinski definition) is 9. The number of rotatable bonds is 4. The molecule has 10 nitrogen and oxygen atoms in total. The third-order valence-electron chi connectivity index (χ3n) is 9.88. The minimum absolute atomic E-state index is 0.0502. The van der Waals surface area contributed by atoms with Crippen LogP contribution < -0.4 is 15.2 Å². The second-order valence-corrected chi connectivity index (χ2v) is 13.0. The zero-order chi connectivity index (χ0) is 31.0. The molecule has 0 radical (unpaired) electrons. The molecule has 2 bridgehead atoms. The summed E-state index contributed by atoms with van der Waals surface area (Å²) in [5, 5.41) is 2.01. The highest BCUT2D eigenvalue weighted by atomic mass is 32.2. The molecule has 8 rings (SSSR count). The number of aromatic nitrogens is 1. The van der Waals surface area contributed by atoms with Crippen LogP contribution in [-0.4, -0.2) is 60.0 Å². The first-order valence-electron chi connectivity index (χ1n) is 14.9. The van der Waals surface area contributed by atoms with Crippen molar-refractivity contribution in [3.8, 4) is 5.75 Å². The number of halogens is 2. The molecule has 0 saturated carbocycles. The fraction of sp³-hybridized carbons (Fsp3) is 0.406. The van der Waals surface area contributed by atoms with Gasteiger partial charge in [0.15, 0.2) is 17.3 Å². The van der Waals surface area contributed by atoms with E-state index in [4.69, 9.17) is 14.2 Å². The van der Waals surface area contributed by atoms with Crippen molar-refractivity contribution in [2.75, 3.05) is 25.5 Å². The summed E-state index contributed by atoms with van der Waals surface area (Å²) in [4.78, 5) is 41.9. The van der Waals surface area contributed by atoms with Crippen LogP contribution in [0.2, 0.25) is 0 Å². The Hall–Kier alpha value is -4.10. The number of thioether (sulfide) groups is 1. The first kappa shape index (κ1) is 28.4. The molecule has 0 aliphatic carbocycles. The predicted molar refractivity (Wildman–Crippen MR) is 156 cm³/mol. The third-order valence-corrected chi connectivity index (χ3v) is 11.0. The van der Waals surface area contributed by atoms with Crippen molar-refractivity contribution in [3.05, 3.63) is 92.9 Å². The Morgan fingerprint density at radius 2 is 1.96 bits per heavy atom. The Morgan fingerprint density at radius 1 is 1.11 bits per heavy atom. The van der Waals surface area contributed by atoms with Gasteiger partial charge in [-0.3, -0.25) is 19.3 Å². The Morgan fingerprint density at radius 3 is 2.78 bits per heavy atom. The molecule has 3 saturated heterocycles. The topological polar surface area (TPSA) is 99.5 Å². The van der Waals surface area contributed by atoms with Crippen LogP contribution in [0.15, 0.2) is 58.4 Å². The zero-order valence-corrected chi connectivity index (χ0v) is 25.1. The van der Waals surface area contributed by atoms with E-state index in [2.05, 4.69) is 4.74 Å². The van der Waals surface area contributed by atoms with E-state index in [0.717, 1.165) is 42.9 Å². The molecule has 5 atom stereocenters. The van der Waals surface area contributed by atoms with Gasteiger partial charge in [0.1, 0.15) is 6.17 Å². The summed E-state index contributed by atoms with van der Waals surface area (Å²) in [6.45, 7) is -0.300. The molecule has 234 valence electrons. The van der Waals surface area contributed by atoms with Crippen LogP contribution in [0.4, 0.5) is 13.6 Å². The predicted octanol–water partition coefficient (Wildman–Crippen LogP) is 4.70. The minimum atomic E-state index is -1.01. The van der Waals surface area contributed by atoms with Crippen LogP contribution in [0.25, 0.3) is 0 Å². The highest BCUT2D eigenvalue weighted by Crippen LogP contribution is 2.57. The quantitative estimate of drug-likeness (QED) is 0.298. The smallest absolute Gasteiger partial charge is 0.451 e. The lowest BCUT2D eigenvalue weighted by molar-refractivity contribution is -0.0758. The monoisotopic (exact) mass is 637 g/mol. The molecule has 2 aromatic carbocycles. The molecule has 1 aromatic heterocycles. The lowest BCUT2D eigenvalue weighted by Crippen LogP contribution is -2.70. The molecule has 1 spiro atoms. The Kier molecular flexibility index (Phi) is 6.61. The number of piperidine rings is 1. The first-order chi connectivity index (χ1) is 21.8. The van der Waals surface area contributed by atoms with Gasteiger partial charge in [0.25, 0.3) is 5.91 Å². The highest BCUT2D eigenvalue weighted by molar-refractivity contribution is 7.98. The summed E-state index contributed by atoms with van der Waals surface area (Å²) >= 11 is 1.42. The number of amides is 1. The Balaban J connectivity index is 1.37. The second kappa shape index (κ2) is 10.5. The fourth-order valence-corrected chi connectivity index (χ4v) is 9.10. The Labute approximate surface area is 260 Å². The highest BCUT2D eigenvalue weighted by Gasteiger charge is 2.63. The molecule has 45 heavy (non-hydrogen) atoms. The van der Waals surface area contributed by atoms with Crippen LogP contribution in [0.1, 0.15) is 58.9 Å². The molecule has 5 aliphatic rings.